The van der Waals surface area contributed by atoms with Crippen LogP contribution < -0.4 is 5.32 Å². The van der Waals surface area contributed by atoms with Gasteiger partial charge in [0, 0.05) is 19.6 Å². The van der Waals surface area contributed by atoms with Crippen molar-refractivity contribution in [1.29, 1.82) is 0 Å². The van der Waals surface area contributed by atoms with Gasteiger partial charge < -0.3 is 5.32 Å². The van der Waals surface area contributed by atoms with Gasteiger partial charge in [-0.2, -0.15) is 9.40 Å². The molecule has 0 spiro atoms. The number of rotatable bonds is 9. The summed E-state index contributed by atoms with van der Waals surface area (Å²) in [5.74, 6) is 0. The van der Waals surface area contributed by atoms with Crippen molar-refractivity contribution in [1.82, 2.24) is 19.8 Å². The lowest BCUT2D eigenvalue weighted by Gasteiger charge is -2.24. The second kappa shape index (κ2) is 7.91. The maximum Gasteiger partial charge on any atom is 0.246 e. The van der Waals surface area contributed by atoms with Gasteiger partial charge in [0.2, 0.25) is 10.0 Å². The minimum atomic E-state index is -3.52. The van der Waals surface area contributed by atoms with E-state index in [1.54, 1.807) is 14.0 Å². The van der Waals surface area contributed by atoms with Crippen LogP contribution in [0.1, 0.15) is 51.4 Å². The fourth-order valence-electron chi connectivity index (χ4n) is 2.30. The van der Waals surface area contributed by atoms with Gasteiger partial charge in [-0.3, -0.25) is 5.10 Å². The highest BCUT2D eigenvalue weighted by molar-refractivity contribution is 7.89. The van der Waals surface area contributed by atoms with Gasteiger partial charge >= 0.3 is 0 Å². The first-order chi connectivity index (χ1) is 9.86. The highest BCUT2D eigenvalue weighted by Crippen LogP contribution is 2.23. The Morgan fingerprint density at radius 1 is 1.33 bits per heavy atom. The van der Waals surface area contributed by atoms with Crippen molar-refractivity contribution >= 4 is 10.0 Å². The number of H-pyrrole nitrogens is 1. The number of nitrogens with one attached hydrogen (secondary N) is 2. The molecular weight excluding hydrogens is 288 g/mol. The van der Waals surface area contributed by atoms with Gasteiger partial charge in [-0.1, -0.05) is 20.3 Å². The molecule has 1 rings (SSSR count). The predicted molar refractivity (Wildman–Crippen MR) is 84.6 cm³/mol. The molecule has 1 aromatic heterocycles. The van der Waals surface area contributed by atoms with E-state index in [1.807, 2.05) is 6.92 Å². The lowest BCUT2D eigenvalue weighted by molar-refractivity contribution is 0.368. The molecule has 0 bridgehead atoms. The fraction of sp³-hybridized carbons (Fsp3) is 0.786. The molecule has 0 aliphatic rings. The molecule has 0 amide bonds. The molecule has 0 saturated carbocycles. The standard InChI is InChI=1S/C14H28N4O2S/c1-6-8-11(3)18(5)21(19,20)14-12(4)16-17-13(14)10-15-9-7-2/h11,15H,6-10H2,1-5H3,(H,16,17). The van der Waals surface area contributed by atoms with Crippen LogP contribution in [0.3, 0.4) is 0 Å². The van der Waals surface area contributed by atoms with E-state index in [4.69, 9.17) is 0 Å². The van der Waals surface area contributed by atoms with Gasteiger partial charge in [0.25, 0.3) is 0 Å². The highest BCUT2D eigenvalue weighted by atomic mass is 32.2. The number of nitrogens with zero attached hydrogens (tertiary/aromatic N) is 2. The Hall–Kier alpha value is -0.920. The molecule has 1 unspecified atom stereocenters. The van der Waals surface area contributed by atoms with E-state index >= 15 is 0 Å². The van der Waals surface area contributed by atoms with Crippen molar-refractivity contribution in [3.63, 3.8) is 0 Å². The molecule has 21 heavy (non-hydrogen) atoms. The van der Waals surface area contributed by atoms with Gasteiger partial charge in [-0.05, 0) is 33.2 Å². The maximum atomic E-state index is 12.8. The van der Waals surface area contributed by atoms with E-state index in [9.17, 15) is 8.42 Å². The van der Waals surface area contributed by atoms with Crippen molar-refractivity contribution in [2.45, 2.75) is 64.4 Å². The zero-order valence-corrected chi connectivity index (χ0v) is 14.5. The summed E-state index contributed by atoms with van der Waals surface area (Å²) < 4.78 is 27.1. The predicted octanol–water partition coefficient (Wildman–Crippen LogP) is 2.03. The van der Waals surface area contributed by atoms with Crippen LogP contribution in [0.5, 0.6) is 0 Å². The van der Waals surface area contributed by atoms with Crippen LogP contribution in [0.15, 0.2) is 4.90 Å². The normalized spacial score (nSPS) is 13.8. The lowest BCUT2D eigenvalue weighted by Crippen LogP contribution is -2.35. The third-order valence-corrected chi connectivity index (χ3v) is 5.82. The van der Waals surface area contributed by atoms with E-state index in [1.165, 1.54) is 4.31 Å². The quantitative estimate of drug-likeness (QED) is 0.683. The molecule has 122 valence electrons. The minimum Gasteiger partial charge on any atom is -0.311 e. The third kappa shape index (κ3) is 4.28. The summed E-state index contributed by atoms with van der Waals surface area (Å²) in [6.45, 7) is 9.12. The molecule has 1 atom stereocenters. The Morgan fingerprint density at radius 2 is 2.00 bits per heavy atom. The van der Waals surface area contributed by atoms with E-state index < -0.39 is 10.0 Å². The average molecular weight is 316 g/mol. The lowest BCUT2D eigenvalue weighted by atomic mass is 10.2. The zero-order valence-electron chi connectivity index (χ0n) is 13.7. The van der Waals surface area contributed by atoms with Gasteiger partial charge in [-0.15, -0.1) is 0 Å². The van der Waals surface area contributed by atoms with Gasteiger partial charge in [0.15, 0.2) is 0 Å². The Kier molecular flexibility index (Phi) is 6.83. The minimum absolute atomic E-state index is 0.0225. The van der Waals surface area contributed by atoms with Crippen molar-refractivity contribution in [3.8, 4) is 0 Å². The highest BCUT2D eigenvalue weighted by Gasteiger charge is 2.30. The monoisotopic (exact) mass is 316 g/mol. The van der Waals surface area contributed by atoms with Crippen molar-refractivity contribution < 1.29 is 8.42 Å². The summed E-state index contributed by atoms with van der Waals surface area (Å²) >= 11 is 0. The molecule has 0 aliphatic heterocycles. The number of aryl methyl sites for hydroxylation is 1. The fourth-order valence-corrected chi connectivity index (χ4v) is 4.01. The summed E-state index contributed by atoms with van der Waals surface area (Å²) in [4.78, 5) is 0.316. The number of sulfonamides is 1. The van der Waals surface area contributed by atoms with Crippen molar-refractivity contribution in [2.75, 3.05) is 13.6 Å². The van der Waals surface area contributed by atoms with Crippen molar-refractivity contribution in [3.05, 3.63) is 11.4 Å². The first-order valence-corrected chi connectivity index (χ1v) is 9.02. The molecule has 1 heterocycles. The molecule has 0 saturated heterocycles. The van der Waals surface area contributed by atoms with Crippen LogP contribution in [0, 0.1) is 6.92 Å². The zero-order chi connectivity index (χ0) is 16.0. The molecule has 0 aromatic carbocycles. The summed E-state index contributed by atoms with van der Waals surface area (Å²) in [6.07, 6.45) is 2.80. The van der Waals surface area contributed by atoms with E-state index in [2.05, 4.69) is 29.4 Å². The summed E-state index contributed by atoms with van der Waals surface area (Å²) in [5.41, 5.74) is 1.16. The van der Waals surface area contributed by atoms with Crippen molar-refractivity contribution in [2.24, 2.45) is 0 Å². The number of aromatic nitrogens is 2. The van der Waals surface area contributed by atoms with Crippen LogP contribution in [0.2, 0.25) is 0 Å². The second-order valence-electron chi connectivity index (χ2n) is 5.46. The Balaban J connectivity index is 3.04. The number of aromatic amines is 1. The Morgan fingerprint density at radius 3 is 2.57 bits per heavy atom. The SMILES string of the molecule is CCCNCc1n[nH]c(C)c1S(=O)(=O)N(C)C(C)CCC. The van der Waals surface area contributed by atoms with Gasteiger partial charge in [0.1, 0.15) is 4.90 Å². The van der Waals surface area contributed by atoms with Crippen LogP contribution in [0.25, 0.3) is 0 Å². The summed E-state index contributed by atoms with van der Waals surface area (Å²) in [5, 5.41) is 10.2. The number of hydrogen-bond acceptors (Lipinski definition) is 4. The molecular formula is C14H28N4O2S. The largest absolute Gasteiger partial charge is 0.311 e. The molecule has 1 aromatic rings. The molecule has 2 N–H and O–H groups in total. The molecule has 0 fully saturated rings. The smallest absolute Gasteiger partial charge is 0.246 e. The summed E-state index contributed by atoms with van der Waals surface area (Å²) in [6, 6.07) is -0.0225. The van der Waals surface area contributed by atoms with Gasteiger partial charge in [0.05, 0.1) is 11.4 Å². The van der Waals surface area contributed by atoms with Gasteiger partial charge in [-0.25, -0.2) is 8.42 Å². The third-order valence-electron chi connectivity index (χ3n) is 3.64. The number of hydrogen-bond donors (Lipinski definition) is 2. The van der Waals surface area contributed by atoms with Crippen LogP contribution in [0.4, 0.5) is 0 Å². The van der Waals surface area contributed by atoms with Crippen LogP contribution in [-0.4, -0.2) is 42.6 Å². The average Bonchev–Trinajstić information content (AvgIpc) is 2.80. The molecule has 6 nitrogen and oxygen atoms in total. The topological polar surface area (TPSA) is 78.1 Å². The first-order valence-electron chi connectivity index (χ1n) is 7.58. The Bertz CT molecular complexity index is 539. The second-order valence-corrected chi connectivity index (χ2v) is 7.39. The molecule has 7 heteroatoms. The van der Waals surface area contributed by atoms with Crippen LogP contribution in [-0.2, 0) is 16.6 Å². The van der Waals surface area contributed by atoms with Crippen LogP contribution >= 0.6 is 0 Å². The Labute approximate surface area is 128 Å². The first kappa shape index (κ1) is 18.1. The van der Waals surface area contributed by atoms with E-state index in [0.29, 0.717) is 22.8 Å². The molecule has 0 radical (unpaired) electrons. The van der Waals surface area contributed by atoms with E-state index in [0.717, 1.165) is 25.8 Å². The maximum absolute atomic E-state index is 12.8. The molecule has 0 aliphatic carbocycles. The summed E-state index contributed by atoms with van der Waals surface area (Å²) in [7, 11) is -1.87. The van der Waals surface area contributed by atoms with E-state index in [-0.39, 0.29) is 6.04 Å².